The lowest BCUT2D eigenvalue weighted by Crippen LogP contribution is -2.37. The van der Waals surface area contributed by atoms with Crippen molar-refractivity contribution in [1.82, 2.24) is 10.6 Å². The molecule has 72 valence electrons. The Hall–Kier alpha value is -1.01. The van der Waals surface area contributed by atoms with Crippen LogP contribution in [0.2, 0.25) is 0 Å². The summed E-state index contributed by atoms with van der Waals surface area (Å²) in [7, 11) is 0. The van der Waals surface area contributed by atoms with E-state index in [9.17, 15) is 4.79 Å². The lowest BCUT2D eigenvalue weighted by atomic mass is 10.00. The van der Waals surface area contributed by atoms with Crippen molar-refractivity contribution in [2.75, 3.05) is 19.6 Å². The first-order valence-electron chi connectivity index (χ1n) is 4.74. The Morgan fingerprint density at radius 2 is 2.54 bits per heavy atom. The molecule has 1 aliphatic rings. The van der Waals surface area contributed by atoms with E-state index in [1.807, 2.05) is 0 Å². The highest BCUT2D eigenvalue weighted by Gasteiger charge is 2.12. The quantitative estimate of drug-likeness (QED) is 0.606. The van der Waals surface area contributed by atoms with Crippen molar-refractivity contribution in [2.45, 2.75) is 19.3 Å². The third-order valence-electron chi connectivity index (χ3n) is 2.25. The summed E-state index contributed by atoms with van der Waals surface area (Å²) in [4.78, 5) is 11.0. The van der Waals surface area contributed by atoms with Crippen molar-refractivity contribution in [1.29, 1.82) is 0 Å². The normalized spacial score (nSPS) is 21.9. The summed E-state index contributed by atoms with van der Waals surface area (Å²) in [6, 6.07) is 0. The fraction of sp³-hybridized carbons (Fsp3) is 0.700. The van der Waals surface area contributed by atoms with Gasteiger partial charge in [-0.2, -0.15) is 0 Å². The fourth-order valence-electron chi connectivity index (χ4n) is 1.51. The Labute approximate surface area is 79.3 Å². The van der Waals surface area contributed by atoms with Crippen molar-refractivity contribution in [2.24, 2.45) is 5.92 Å². The molecule has 0 bridgehead atoms. The molecule has 0 saturated carbocycles. The third kappa shape index (κ3) is 3.95. The van der Waals surface area contributed by atoms with Gasteiger partial charge in [-0.1, -0.05) is 5.92 Å². The van der Waals surface area contributed by atoms with Crippen molar-refractivity contribution in [3.8, 4) is 12.3 Å². The fourth-order valence-corrected chi connectivity index (χ4v) is 1.51. The summed E-state index contributed by atoms with van der Waals surface area (Å²) < 4.78 is 0. The van der Waals surface area contributed by atoms with Crippen LogP contribution < -0.4 is 10.6 Å². The van der Waals surface area contributed by atoms with Crippen LogP contribution in [-0.2, 0) is 4.79 Å². The lowest BCUT2D eigenvalue weighted by molar-refractivity contribution is -0.120. The first-order valence-corrected chi connectivity index (χ1v) is 4.74. The number of piperidine rings is 1. The van der Waals surface area contributed by atoms with E-state index in [0.717, 1.165) is 19.6 Å². The van der Waals surface area contributed by atoms with Crippen LogP contribution in [0.3, 0.4) is 0 Å². The van der Waals surface area contributed by atoms with Crippen LogP contribution in [0.15, 0.2) is 0 Å². The second kappa shape index (κ2) is 5.60. The Balaban J connectivity index is 2.10. The van der Waals surface area contributed by atoms with E-state index < -0.39 is 0 Å². The highest BCUT2D eigenvalue weighted by Crippen LogP contribution is 2.07. The molecule has 13 heavy (non-hydrogen) atoms. The molecule has 1 heterocycles. The molecule has 0 radical (unpaired) electrons. The second-order valence-electron chi connectivity index (χ2n) is 3.40. The van der Waals surface area contributed by atoms with Crippen molar-refractivity contribution in [3.05, 3.63) is 0 Å². The Kier molecular flexibility index (Phi) is 4.34. The molecule has 3 heteroatoms. The minimum absolute atomic E-state index is 0.0342. The largest absolute Gasteiger partial charge is 0.355 e. The van der Waals surface area contributed by atoms with E-state index in [1.165, 1.54) is 12.8 Å². The van der Waals surface area contributed by atoms with Gasteiger partial charge in [0.15, 0.2) is 0 Å². The number of carbonyl (C=O) groups is 1. The number of hydrogen-bond donors (Lipinski definition) is 2. The van der Waals surface area contributed by atoms with Gasteiger partial charge in [-0.05, 0) is 31.8 Å². The van der Waals surface area contributed by atoms with Crippen LogP contribution in [0.4, 0.5) is 0 Å². The minimum Gasteiger partial charge on any atom is -0.355 e. The average Bonchev–Trinajstić information content (AvgIpc) is 2.17. The van der Waals surface area contributed by atoms with E-state index in [-0.39, 0.29) is 12.3 Å². The van der Waals surface area contributed by atoms with Crippen LogP contribution in [0.25, 0.3) is 0 Å². The number of hydrogen-bond acceptors (Lipinski definition) is 2. The first-order chi connectivity index (χ1) is 6.33. The van der Waals surface area contributed by atoms with Gasteiger partial charge < -0.3 is 10.6 Å². The van der Waals surface area contributed by atoms with Crippen molar-refractivity contribution < 1.29 is 4.79 Å². The molecule has 0 aromatic rings. The standard InChI is InChI=1S/C10H16N2O/c1-2-4-10(13)12-8-9-5-3-6-11-7-9/h1,9,11H,3-8H2,(H,12,13). The number of terminal acetylenes is 1. The molecule has 3 nitrogen and oxygen atoms in total. The molecule has 2 N–H and O–H groups in total. The second-order valence-corrected chi connectivity index (χ2v) is 3.40. The number of nitrogens with one attached hydrogen (secondary N) is 2. The van der Waals surface area contributed by atoms with Gasteiger partial charge in [0.2, 0.25) is 5.91 Å². The van der Waals surface area contributed by atoms with Gasteiger partial charge in [-0.3, -0.25) is 4.79 Å². The maximum Gasteiger partial charge on any atom is 0.232 e. The van der Waals surface area contributed by atoms with Gasteiger partial charge in [-0.15, -0.1) is 6.42 Å². The zero-order chi connectivity index (χ0) is 9.52. The SMILES string of the molecule is C#CCC(=O)NCC1CCCNC1. The molecule has 0 spiro atoms. The zero-order valence-electron chi connectivity index (χ0n) is 7.81. The van der Waals surface area contributed by atoms with Crippen LogP contribution in [0.5, 0.6) is 0 Å². The smallest absolute Gasteiger partial charge is 0.232 e. The highest BCUT2D eigenvalue weighted by atomic mass is 16.1. The third-order valence-corrected chi connectivity index (χ3v) is 2.25. The summed E-state index contributed by atoms with van der Waals surface area (Å²) in [5.41, 5.74) is 0. The zero-order valence-corrected chi connectivity index (χ0v) is 7.81. The summed E-state index contributed by atoms with van der Waals surface area (Å²) in [5.74, 6) is 2.87. The Bertz CT molecular complexity index is 201. The predicted molar refractivity (Wildman–Crippen MR) is 52.1 cm³/mol. The molecular weight excluding hydrogens is 164 g/mol. The Morgan fingerprint density at radius 3 is 3.15 bits per heavy atom. The number of carbonyl (C=O) groups excluding carboxylic acids is 1. The van der Waals surface area contributed by atoms with Crippen molar-refractivity contribution in [3.63, 3.8) is 0 Å². The lowest BCUT2D eigenvalue weighted by Gasteiger charge is -2.22. The molecule has 1 unspecified atom stereocenters. The van der Waals surface area contributed by atoms with E-state index in [2.05, 4.69) is 16.6 Å². The van der Waals surface area contributed by atoms with Gasteiger partial charge in [0.25, 0.3) is 0 Å². The topological polar surface area (TPSA) is 41.1 Å². The number of rotatable bonds is 3. The van der Waals surface area contributed by atoms with E-state index in [4.69, 9.17) is 6.42 Å². The molecule has 0 aliphatic carbocycles. The molecule has 1 rings (SSSR count). The monoisotopic (exact) mass is 180 g/mol. The molecule has 1 aliphatic heterocycles. The van der Waals surface area contributed by atoms with Gasteiger partial charge in [0.1, 0.15) is 0 Å². The molecule has 0 aromatic carbocycles. The van der Waals surface area contributed by atoms with Crippen LogP contribution >= 0.6 is 0 Å². The molecule has 1 fully saturated rings. The summed E-state index contributed by atoms with van der Waals surface area (Å²) >= 11 is 0. The maximum absolute atomic E-state index is 11.0. The molecular formula is C10H16N2O. The summed E-state index contributed by atoms with van der Waals surface area (Å²) in [5, 5.41) is 6.13. The van der Waals surface area contributed by atoms with E-state index >= 15 is 0 Å². The molecule has 1 atom stereocenters. The average molecular weight is 180 g/mol. The summed E-state index contributed by atoms with van der Waals surface area (Å²) in [6.45, 7) is 2.87. The predicted octanol–water partition coefficient (Wildman–Crippen LogP) is 0.126. The molecule has 1 amide bonds. The Morgan fingerprint density at radius 1 is 1.69 bits per heavy atom. The van der Waals surface area contributed by atoms with Gasteiger partial charge in [0, 0.05) is 6.54 Å². The van der Waals surface area contributed by atoms with E-state index in [1.54, 1.807) is 0 Å². The van der Waals surface area contributed by atoms with Crippen LogP contribution in [0.1, 0.15) is 19.3 Å². The summed E-state index contributed by atoms with van der Waals surface area (Å²) in [6.07, 6.45) is 7.61. The van der Waals surface area contributed by atoms with Crippen molar-refractivity contribution >= 4 is 5.91 Å². The highest BCUT2D eigenvalue weighted by molar-refractivity contribution is 5.78. The molecule has 0 aromatic heterocycles. The van der Waals surface area contributed by atoms with Crippen LogP contribution in [-0.4, -0.2) is 25.5 Å². The van der Waals surface area contributed by atoms with Gasteiger partial charge >= 0.3 is 0 Å². The van der Waals surface area contributed by atoms with Crippen LogP contribution in [0, 0.1) is 18.3 Å². The maximum atomic E-state index is 11.0. The van der Waals surface area contributed by atoms with Gasteiger partial charge in [0.05, 0.1) is 6.42 Å². The number of amides is 1. The first kappa shape index (κ1) is 10.1. The molecule has 1 saturated heterocycles. The van der Waals surface area contributed by atoms with E-state index in [0.29, 0.717) is 5.92 Å². The van der Waals surface area contributed by atoms with Gasteiger partial charge in [-0.25, -0.2) is 0 Å². The minimum atomic E-state index is -0.0342.